The molecule has 0 unspecified atom stereocenters. The second kappa shape index (κ2) is 8.02. The third-order valence-electron chi connectivity index (χ3n) is 2.57. The molecule has 2 rings (SSSR count). The normalized spacial score (nSPS) is 10.8. The largest absolute Gasteiger partial charge is 0.375 e. The Hall–Kier alpha value is -0.390. The van der Waals surface area contributed by atoms with Gasteiger partial charge in [-0.1, -0.05) is 45.7 Å². The van der Waals surface area contributed by atoms with Gasteiger partial charge in [0.25, 0.3) is 0 Å². The lowest BCUT2D eigenvalue weighted by Crippen LogP contribution is -2.18. The van der Waals surface area contributed by atoms with E-state index < -0.39 is 0 Å². The van der Waals surface area contributed by atoms with Crippen LogP contribution in [-0.4, -0.2) is 13.2 Å². The predicted octanol–water partition coefficient (Wildman–Crippen LogP) is 4.47. The van der Waals surface area contributed by atoms with Crippen LogP contribution in [0.3, 0.4) is 0 Å². The van der Waals surface area contributed by atoms with Gasteiger partial charge in [-0.25, -0.2) is 0 Å². The highest BCUT2D eigenvalue weighted by atomic mass is 79.9. The molecular weight excluding hydrogens is 346 g/mol. The van der Waals surface area contributed by atoms with Crippen LogP contribution in [0.15, 0.2) is 40.9 Å². The second-order valence-corrected chi connectivity index (χ2v) is 6.68. The van der Waals surface area contributed by atoms with Crippen molar-refractivity contribution in [3.8, 4) is 0 Å². The van der Waals surface area contributed by atoms with Crippen LogP contribution in [0.25, 0.3) is 0 Å². The number of hydrogen-bond donors (Lipinski definition) is 1. The van der Waals surface area contributed by atoms with E-state index in [4.69, 9.17) is 16.3 Å². The molecule has 19 heavy (non-hydrogen) atoms. The fourth-order valence-electron chi connectivity index (χ4n) is 1.60. The number of nitrogens with one attached hydrogen (secondary N) is 1. The molecule has 0 radical (unpaired) electrons. The molecule has 2 nitrogen and oxygen atoms in total. The Balaban J connectivity index is 1.59. The van der Waals surface area contributed by atoms with Gasteiger partial charge < -0.3 is 10.1 Å². The molecule has 1 aromatic carbocycles. The van der Waals surface area contributed by atoms with Crippen LogP contribution in [0.4, 0.5) is 0 Å². The molecule has 5 heteroatoms. The van der Waals surface area contributed by atoms with Crippen molar-refractivity contribution in [2.75, 3.05) is 13.2 Å². The van der Waals surface area contributed by atoms with E-state index in [1.54, 1.807) is 11.3 Å². The smallest absolute Gasteiger partial charge is 0.0931 e. The summed E-state index contributed by atoms with van der Waals surface area (Å²) < 4.78 is 7.56. The first kappa shape index (κ1) is 15.0. The van der Waals surface area contributed by atoms with Crippen molar-refractivity contribution in [1.29, 1.82) is 0 Å². The van der Waals surface area contributed by atoms with Gasteiger partial charge in [0.05, 0.1) is 17.6 Å². The monoisotopic (exact) mass is 359 g/mol. The van der Waals surface area contributed by atoms with E-state index in [-0.39, 0.29) is 0 Å². The van der Waals surface area contributed by atoms with Crippen molar-refractivity contribution in [3.05, 3.63) is 55.6 Å². The third-order valence-corrected chi connectivity index (χ3v) is 4.57. The molecule has 0 aliphatic rings. The highest BCUT2D eigenvalue weighted by Gasteiger charge is 1.99. The zero-order chi connectivity index (χ0) is 13.5. The summed E-state index contributed by atoms with van der Waals surface area (Å²) in [6.07, 6.45) is 0. The average Bonchev–Trinajstić information content (AvgIpc) is 2.81. The van der Waals surface area contributed by atoms with Gasteiger partial charge in [0.1, 0.15) is 0 Å². The lowest BCUT2D eigenvalue weighted by molar-refractivity contribution is 0.122. The summed E-state index contributed by atoms with van der Waals surface area (Å²) >= 11 is 11.0. The number of hydrogen-bond acceptors (Lipinski definition) is 3. The summed E-state index contributed by atoms with van der Waals surface area (Å²) in [6.45, 7) is 3.00. The van der Waals surface area contributed by atoms with Crippen LogP contribution in [0, 0.1) is 0 Å². The molecule has 0 spiro atoms. The van der Waals surface area contributed by atoms with Gasteiger partial charge in [-0.3, -0.25) is 0 Å². The summed E-state index contributed by atoms with van der Waals surface area (Å²) in [5.74, 6) is 0. The number of ether oxygens (including phenoxy) is 1. The van der Waals surface area contributed by atoms with E-state index in [1.165, 1.54) is 10.4 Å². The number of rotatable bonds is 7. The molecule has 0 atom stereocenters. The van der Waals surface area contributed by atoms with Crippen LogP contribution in [0.1, 0.15) is 10.4 Å². The number of thiophene rings is 1. The van der Waals surface area contributed by atoms with Gasteiger partial charge in [0.2, 0.25) is 0 Å². The van der Waals surface area contributed by atoms with Crippen molar-refractivity contribution in [3.63, 3.8) is 0 Å². The van der Waals surface area contributed by atoms with Gasteiger partial charge in [-0.2, -0.15) is 0 Å². The number of benzene rings is 1. The molecule has 2 aromatic rings. The van der Waals surface area contributed by atoms with Crippen LogP contribution in [0.2, 0.25) is 4.34 Å². The zero-order valence-electron chi connectivity index (χ0n) is 10.4. The van der Waals surface area contributed by atoms with E-state index in [2.05, 4.69) is 27.3 Å². The van der Waals surface area contributed by atoms with E-state index in [0.717, 1.165) is 21.9 Å². The predicted molar refractivity (Wildman–Crippen MR) is 84.8 cm³/mol. The fraction of sp³-hybridized carbons (Fsp3) is 0.286. The highest BCUT2D eigenvalue weighted by Crippen LogP contribution is 2.21. The molecule has 1 aromatic heterocycles. The lowest BCUT2D eigenvalue weighted by Gasteiger charge is -2.07. The molecular formula is C14H15BrClNOS. The quantitative estimate of drug-likeness (QED) is 0.736. The molecule has 0 bridgehead atoms. The fourth-order valence-corrected chi connectivity index (χ4v) is 3.06. The summed E-state index contributed by atoms with van der Waals surface area (Å²) in [6, 6.07) is 12.1. The first-order chi connectivity index (χ1) is 9.25. The van der Waals surface area contributed by atoms with Crippen LogP contribution in [0.5, 0.6) is 0 Å². The molecule has 102 valence electrons. The average molecular weight is 361 g/mol. The molecule has 0 saturated heterocycles. The maximum Gasteiger partial charge on any atom is 0.0931 e. The Morgan fingerprint density at radius 2 is 2.05 bits per heavy atom. The molecule has 1 N–H and O–H groups in total. The maximum absolute atomic E-state index is 5.87. The van der Waals surface area contributed by atoms with Gasteiger partial charge in [-0.15, -0.1) is 11.3 Å². The Morgan fingerprint density at radius 3 is 2.79 bits per heavy atom. The van der Waals surface area contributed by atoms with Crippen LogP contribution in [-0.2, 0) is 17.9 Å². The van der Waals surface area contributed by atoms with Crippen molar-refractivity contribution < 1.29 is 4.74 Å². The van der Waals surface area contributed by atoms with Crippen molar-refractivity contribution in [2.45, 2.75) is 13.2 Å². The van der Waals surface area contributed by atoms with E-state index >= 15 is 0 Å². The van der Waals surface area contributed by atoms with Crippen molar-refractivity contribution in [1.82, 2.24) is 5.32 Å². The van der Waals surface area contributed by atoms with E-state index in [1.807, 2.05) is 30.3 Å². The Kier molecular flexibility index (Phi) is 6.34. The maximum atomic E-state index is 5.87. The van der Waals surface area contributed by atoms with E-state index in [9.17, 15) is 0 Å². The van der Waals surface area contributed by atoms with Crippen molar-refractivity contribution >= 4 is 38.9 Å². The summed E-state index contributed by atoms with van der Waals surface area (Å²) in [7, 11) is 0. The Bertz CT molecular complexity index is 518. The summed E-state index contributed by atoms with van der Waals surface area (Å²) in [5.41, 5.74) is 1.17. The van der Waals surface area contributed by atoms with Gasteiger partial charge in [-0.05, 0) is 23.8 Å². The minimum Gasteiger partial charge on any atom is -0.375 e. The molecule has 1 heterocycles. The summed E-state index contributed by atoms with van der Waals surface area (Å²) in [5, 5.41) is 3.33. The number of halogens is 2. The first-order valence-electron chi connectivity index (χ1n) is 6.02. The third kappa shape index (κ3) is 5.24. The Morgan fingerprint density at radius 1 is 1.21 bits per heavy atom. The molecule has 0 amide bonds. The van der Waals surface area contributed by atoms with Crippen molar-refractivity contribution in [2.24, 2.45) is 0 Å². The van der Waals surface area contributed by atoms with Gasteiger partial charge >= 0.3 is 0 Å². The lowest BCUT2D eigenvalue weighted by atomic mass is 10.2. The van der Waals surface area contributed by atoms with E-state index in [0.29, 0.717) is 13.2 Å². The minimum absolute atomic E-state index is 0.633. The molecule has 0 fully saturated rings. The molecule has 0 saturated carbocycles. The minimum atomic E-state index is 0.633. The standard InChI is InChI=1S/C14H15BrClNOS/c15-13-4-2-1-3-11(13)10-18-8-7-17-9-12-5-6-14(16)19-12/h1-6,17H,7-10H2. The topological polar surface area (TPSA) is 21.3 Å². The SMILES string of the molecule is Clc1ccc(CNCCOCc2ccccc2Br)s1. The molecule has 0 aliphatic heterocycles. The van der Waals surface area contributed by atoms with Crippen LogP contribution >= 0.6 is 38.9 Å². The second-order valence-electron chi connectivity index (χ2n) is 4.03. The highest BCUT2D eigenvalue weighted by molar-refractivity contribution is 9.10. The van der Waals surface area contributed by atoms with Gasteiger partial charge in [0, 0.05) is 22.4 Å². The molecule has 0 aliphatic carbocycles. The zero-order valence-corrected chi connectivity index (χ0v) is 13.5. The Labute approximate surface area is 130 Å². The van der Waals surface area contributed by atoms with Gasteiger partial charge in [0.15, 0.2) is 0 Å². The first-order valence-corrected chi connectivity index (χ1v) is 8.00. The van der Waals surface area contributed by atoms with Crippen LogP contribution < -0.4 is 5.32 Å². The summed E-state index contributed by atoms with van der Waals surface area (Å²) in [4.78, 5) is 1.25.